The lowest BCUT2D eigenvalue weighted by molar-refractivity contribution is -0.122. The third-order valence-corrected chi connectivity index (χ3v) is 5.31. The summed E-state index contributed by atoms with van der Waals surface area (Å²) in [6.45, 7) is 7.71. The van der Waals surface area contributed by atoms with Gasteiger partial charge >= 0.3 is 5.91 Å². The van der Waals surface area contributed by atoms with Crippen LogP contribution in [0.4, 0.5) is 5.69 Å². The average Bonchev–Trinajstić information content (AvgIpc) is 3.11. The molecule has 0 fully saturated rings. The Bertz CT molecular complexity index is 1150. The molecule has 9 heteroatoms. The molecular formula is C24H29N5O4. The number of aromatic nitrogens is 1. The Kier molecular flexibility index (Phi) is 8.15. The summed E-state index contributed by atoms with van der Waals surface area (Å²) >= 11 is 0. The lowest BCUT2D eigenvalue weighted by Crippen LogP contribution is -2.25. The van der Waals surface area contributed by atoms with Crippen molar-refractivity contribution in [2.45, 2.75) is 27.4 Å². The van der Waals surface area contributed by atoms with Crippen molar-refractivity contribution in [2.24, 2.45) is 15.4 Å². The number of nitrogens with zero attached hydrogens (tertiary/aromatic N) is 5. The number of rotatable bonds is 10. The van der Waals surface area contributed by atoms with Gasteiger partial charge in [0, 0.05) is 5.39 Å². The lowest BCUT2D eigenvalue weighted by Gasteiger charge is -2.19. The first-order valence-corrected chi connectivity index (χ1v) is 10.8. The Hall–Kier alpha value is -3.72. The zero-order chi connectivity index (χ0) is 23.8. The molecule has 1 amide bonds. The van der Waals surface area contributed by atoms with Crippen molar-refractivity contribution in [3.63, 3.8) is 0 Å². The van der Waals surface area contributed by atoms with E-state index in [0.29, 0.717) is 17.8 Å². The Morgan fingerprint density at radius 1 is 1.09 bits per heavy atom. The first-order chi connectivity index (χ1) is 16.0. The van der Waals surface area contributed by atoms with Crippen molar-refractivity contribution in [1.29, 1.82) is 0 Å². The van der Waals surface area contributed by atoms with Crippen LogP contribution in [-0.4, -0.2) is 53.0 Å². The second kappa shape index (κ2) is 11.2. The summed E-state index contributed by atoms with van der Waals surface area (Å²) in [7, 11) is 1.60. The third-order valence-electron chi connectivity index (χ3n) is 5.31. The van der Waals surface area contributed by atoms with Crippen LogP contribution in [0.25, 0.3) is 10.9 Å². The predicted octanol–water partition coefficient (Wildman–Crippen LogP) is 4.71. The highest BCUT2D eigenvalue weighted by atomic mass is 16.6. The fourth-order valence-corrected chi connectivity index (χ4v) is 3.34. The van der Waals surface area contributed by atoms with Crippen LogP contribution in [0.5, 0.6) is 11.6 Å². The first kappa shape index (κ1) is 23.9. The highest BCUT2D eigenvalue weighted by molar-refractivity contribution is 5.98. The van der Waals surface area contributed by atoms with E-state index in [1.807, 2.05) is 48.5 Å². The maximum absolute atomic E-state index is 12.2. The van der Waals surface area contributed by atoms with Gasteiger partial charge in [-0.3, -0.25) is 14.3 Å². The molecule has 0 aliphatic carbocycles. The standard InChI is InChI=1S/C24H29N5O4/c1-5-28(6-2)16-29-21-10-8-7-9-20(21)23(24(29)31)26-25-22(30)15-33-27-17(3)18-11-13-19(32-4)14-12-18/h7-14,31H,5-6,15-16H2,1-4H3. The third kappa shape index (κ3) is 5.75. The first-order valence-electron chi connectivity index (χ1n) is 10.8. The highest BCUT2D eigenvalue weighted by Gasteiger charge is 2.18. The number of aromatic hydroxyl groups is 1. The van der Waals surface area contributed by atoms with E-state index in [1.165, 1.54) is 0 Å². The second-order valence-electron chi connectivity index (χ2n) is 7.33. The average molecular weight is 452 g/mol. The lowest BCUT2D eigenvalue weighted by atomic mass is 10.1. The SMILES string of the molecule is CCN(CC)Cn1c(O)c(N=NC(=O)CON=C(C)c2ccc(OC)cc2)c2ccccc21. The van der Waals surface area contributed by atoms with Crippen LogP contribution in [0.3, 0.4) is 0 Å². The monoisotopic (exact) mass is 451 g/mol. The Balaban J connectivity index is 1.70. The molecule has 174 valence electrons. The van der Waals surface area contributed by atoms with Gasteiger partial charge in [0.05, 0.1) is 25.0 Å². The van der Waals surface area contributed by atoms with Gasteiger partial charge in [0.25, 0.3) is 0 Å². The van der Waals surface area contributed by atoms with Gasteiger partial charge in [-0.05, 0) is 55.9 Å². The number of hydrogen-bond donors (Lipinski definition) is 1. The van der Waals surface area contributed by atoms with Crippen LogP contribution in [0.2, 0.25) is 0 Å². The van der Waals surface area contributed by atoms with Crippen molar-refractivity contribution in [3.05, 3.63) is 54.1 Å². The molecule has 0 spiro atoms. The number of carbonyl (C=O) groups is 1. The number of fused-ring (bicyclic) bond motifs is 1. The fourth-order valence-electron chi connectivity index (χ4n) is 3.34. The summed E-state index contributed by atoms with van der Waals surface area (Å²) in [5.74, 6) is 0.0972. The molecule has 3 aromatic rings. The number of benzene rings is 2. The number of amides is 1. The minimum absolute atomic E-state index is 0.0334. The normalized spacial score (nSPS) is 12.1. The molecule has 0 unspecified atom stereocenters. The number of methoxy groups -OCH3 is 1. The number of hydrogen-bond acceptors (Lipinski definition) is 7. The summed E-state index contributed by atoms with van der Waals surface area (Å²) in [5.41, 5.74) is 2.53. The number of azo groups is 1. The number of carbonyl (C=O) groups excluding carboxylic acids is 1. The van der Waals surface area contributed by atoms with Crippen molar-refractivity contribution in [1.82, 2.24) is 9.47 Å². The molecule has 0 saturated heterocycles. The minimum Gasteiger partial charge on any atom is -0.497 e. The zero-order valence-electron chi connectivity index (χ0n) is 19.4. The largest absolute Gasteiger partial charge is 0.497 e. The second-order valence-corrected chi connectivity index (χ2v) is 7.33. The highest BCUT2D eigenvalue weighted by Crippen LogP contribution is 2.38. The van der Waals surface area contributed by atoms with E-state index in [9.17, 15) is 9.90 Å². The molecule has 0 radical (unpaired) electrons. The number of oxime groups is 1. The Morgan fingerprint density at radius 3 is 2.45 bits per heavy atom. The summed E-state index contributed by atoms with van der Waals surface area (Å²) in [6, 6.07) is 14.8. The fraction of sp³-hybridized carbons (Fsp3) is 0.333. The number of ether oxygens (including phenoxy) is 1. The van der Waals surface area contributed by atoms with E-state index in [2.05, 4.69) is 34.1 Å². The van der Waals surface area contributed by atoms with Gasteiger partial charge in [0.1, 0.15) is 5.75 Å². The van der Waals surface area contributed by atoms with E-state index >= 15 is 0 Å². The van der Waals surface area contributed by atoms with E-state index in [-0.39, 0.29) is 18.2 Å². The van der Waals surface area contributed by atoms with Gasteiger partial charge in [-0.15, -0.1) is 10.2 Å². The number of para-hydroxylation sites is 1. The molecule has 33 heavy (non-hydrogen) atoms. The molecule has 0 aliphatic heterocycles. The zero-order valence-corrected chi connectivity index (χ0v) is 19.4. The molecule has 0 aliphatic rings. The van der Waals surface area contributed by atoms with Gasteiger partial charge in [0.15, 0.2) is 12.3 Å². The van der Waals surface area contributed by atoms with Crippen molar-refractivity contribution >= 4 is 28.2 Å². The van der Waals surface area contributed by atoms with Crippen LogP contribution in [0, 0.1) is 0 Å². The maximum Gasteiger partial charge on any atom is 0.304 e. The smallest absolute Gasteiger partial charge is 0.304 e. The summed E-state index contributed by atoms with van der Waals surface area (Å²) < 4.78 is 6.90. The molecule has 1 aromatic heterocycles. The van der Waals surface area contributed by atoms with E-state index in [4.69, 9.17) is 9.57 Å². The van der Waals surface area contributed by atoms with Gasteiger partial charge < -0.3 is 14.7 Å². The van der Waals surface area contributed by atoms with Gasteiger partial charge in [0.2, 0.25) is 5.88 Å². The molecular weight excluding hydrogens is 422 g/mol. The van der Waals surface area contributed by atoms with Crippen LogP contribution < -0.4 is 4.74 Å². The quantitative estimate of drug-likeness (QED) is 0.273. The summed E-state index contributed by atoms with van der Waals surface area (Å²) in [6.07, 6.45) is 0. The molecule has 1 heterocycles. The van der Waals surface area contributed by atoms with E-state index in [0.717, 1.165) is 29.9 Å². The topological polar surface area (TPSA) is 101 Å². The Labute approximate surface area is 192 Å². The molecule has 0 atom stereocenters. The summed E-state index contributed by atoms with van der Waals surface area (Å²) in [4.78, 5) is 19.5. The van der Waals surface area contributed by atoms with Crippen LogP contribution in [0.1, 0.15) is 26.3 Å². The minimum atomic E-state index is -0.610. The predicted molar refractivity (Wildman–Crippen MR) is 127 cm³/mol. The van der Waals surface area contributed by atoms with E-state index < -0.39 is 5.91 Å². The van der Waals surface area contributed by atoms with Crippen molar-refractivity contribution < 1.29 is 19.5 Å². The summed E-state index contributed by atoms with van der Waals surface area (Å²) in [5, 5.41) is 23.2. The molecule has 0 bridgehead atoms. The molecule has 2 aromatic carbocycles. The molecule has 3 rings (SSSR count). The van der Waals surface area contributed by atoms with Gasteiger partial charge in [-0.1, -0.05) is 37.2 Å². The van der Waals surface area contributed by atoms with Crippen LogP contribution >= 0.6 is 0 Å². The van der Waals surface area contributed by atoms with Crippen molar-refractivity contribution in [2.75, 3.05) is 26.8 Å². The Morgan fingerprint density at radius 2 is 1.79 bits per heavy atom. The van der Waals surface area contributed by atoms with Crippen LogP contribution in [-0.2, 0) is 16.3 Å². The van der Waals surface area contributed by atoms with Crippen molar-refractivity contribution in [3.8, 4) is 11.6 Å². The maximum atomic E-state index is 12.2. The molecule has 0 saturated carbocycles. The van der Waals surface area contributed by atoms with Gasteiger partial charge in [-0.2, -0.15) is 0 Å². The van der Waals surface area contributed by atoms with Gasteiger partial charge in [-0.25, -0.2) is 0 Å². The molecule has 9 nitrogen and oxygen atoms in total. The van der Waals surface area contributed by atoms with Crippen LogP contribution in [0.15, 0.2) is 63.9 Å². The van der Waals surface area contributed by atoms with E-state index in [1.54, 1.807) is 18.6 Å². The molecule has 1 N–H and O–H groups in total.